The van der Waals surface area contributed by atoms with Gasteiger partial charge >= 0.3 is 0 Å². The van der Waals surface area contributed by atoms with Crippen molar-refractivity contribution in [2.75, 3.05) is 6.54 Å². The molecule has 0 fully saturated rings. The van der Waals surface area contributed by atoms with Gasteiger partial charge in [-0.15, -0.1) is 6.58 Å². The smallest absolute Gasteiger partial charge is 0.124 e. The molecule has 0 amide bonds. The Hall–Kier alpha value is -5.43. The molecule has 0 aliphatic rings. The number of hydrogen-bond acceptors (Lipinski definition) is 4. The molecule has 0 saturated carbocycles. The van der Waals surface area contributed by atoms with E-state index in [1.165, 1.54) is 21.9 Å². The number of rotatable bonds is 11. The quantitative estimate of drug-likeness (QED) is 0.0913. The minimum absolute atomic E-state index is 0. The molecule has 0 bridgehead atoms. The van der Waals surface area contributed by atoms with Gasteiger partial charge in [-0.3, -0.25) is 9.98 Å². The molecule has 1 atom stereocenters. The van der Waals surface area contributed by atoms with Crippen LogP contribution in [-0.4, -0.2) is 41.4 Å². The molecule has 0 saturated heterocycles. The van der Waals surface area contributed by atoms with Crippen LogP contribution in [0, 0.1) is 0 Å². The first-order chi connectivity index (χ1) is 23.6. The van der Waals surface area contributed by atoms with Crippen molar-refractivity contribution in [3.63, 3.8) is 0 Å². The van der Waals surface area contributed by atoms with Gasteiger partial charge in [-0.2, -0.15) is 21.9 Å². The molecular formula is C43H40BCoN2O2-. The molecule has 247 valence electrons. The first-order valence-electron chi connectivity index (χ1n) is 16.2. The number of nitrogens with zero attached hydrogens (tertiary/aromatic N) is 2. The maximum atomic E-state index is 9.74. The van der Waals surface area contributed by atoms with Gasteiger partial charge in [0.15, 0.2) is 0 Å². The monoisotopic (exact) mass is 686 g/mol. The predicted octanol–water partition coefficient (Wildman–Crippen LogP) is 6.64. The van der Waals surface area contributed by atoms with E-state index in [2.05, 4.69) is 138 Å². The van der Waals surface area contributed by atoms with Crippen molar-refractivity contribution in [1.82, 2.24) is 0 Å². The van der Waals surface area contributed by atoms with Gasteiger partial charge in [-0.05, 0) is 30.7 Å². The number of aromatic hydroxyl groups is 2. The van der Waals surface area contributed by atoms with Crippen LogP contribution < -0.4 is 21.9 Å². The summed E-state index contributed by atoms with van der Waals surface area (Å²) in [5, 5.41) is 19.4. The Morgan fingerprint density at radius 1 is 0.510 bits per heavy atom. The maximum absolute atomic E-state index is 9.74. The standard InChI is InChI=1S/C24H20B.C19H20N2O2.Co/c1-5-13-21(14-6-1)25(22-15-7-2-8-16-22,23-17-9-3-10-18-23)24-19-11-4-12-20-24;1-2-7-17(21-13-16-9-4-6-11-19(16)23)14-20-12-15-8-3-5-10-18(15)22;/h1-20H;2-6,8-13,17,22-23H,1,7,14H2;/q-1;;. The molecule has 4 nitrogen and oxygen atoms in total. The maximum Gasteiger partial charge on any atom is 0.124 e. The van der Waals surface area contributed by atoms with Crippen LogP contribution in [0.2, 0.25) is 0 Å². The summed E-state index contributed by atoms with van der Waals surface area (Å²) in [5.41, 5.74) is 6.70. The second-order valence-corrected chi connectivity index (χ2v) is 11.6. The number of phenolic OH excluding ortho intramolecular Hbond substituents is 2. The SMILES string of the molecule is C=CCC(CN=Cc1ccccc1O)N=Cc1ccccc1O.[Co].c1ccc([B-](c2ccccc2)(c2ccccc2)c2ccccc2)cc1. The Balaban J connectivity index is 0.000000217. The zero-order valence-corrected chi connectivity index (χ0v) is 28.3. The normalized spacial score (nSPS) is 11.7. The fraction of sp³-hybridized carbons (Fsp3) is 0.0698. The third kappa shape index (κ3) is 9.35. The van der Waals surface area contributed by atoms with Crippen LogP contribution in [0.3, 0.4) is 0 Å². The zero-order chi connectivity index (χ0) is 33.4. The molecule has 6 aromatic carbocycles. The summed E-state index contributed by atoms with van der Waals surface area (Å²) >= 11 is 0. The van der Waals surface area contributed by atoms with Gasteiger partial charge in [0.05, 0.1) is 12.6 Å². The minimum atomic E-state index is -1.22. The van der Waals surface area contributed by atoms with E-state index >= 15 is 0 Å². The summed E-state index contributed by atoms with van der Waals surface area (Å²) in [4.78, 5) is 8.81. The van der Waals surface area contributed by atoms with Gasteiger partial charge in [0.1, 0.15) is 17.6 Å². The number of aliphatic imine (C=N–C) groups is 2. The molecule has 0 aliphatic carbocycles. The molecule has 2 N–H and O–H groups in total. The minimum Gasteiger partial charge on any atom is -0.507 e. The van der Waals surface area contributed by atoms with Crippen molar-refractivity contribution in [3.05, 3.63) is 194 Å². The summed E-state index contributed by atoms with van der Waals surface area (Å²) < 4.78 is 0. The van der Waals surface area contributed by atoms with E-state index in [-0.39, 0.29) is 34.3 Å². The first kappa shape index (κ1) is 36.4. The van der Waals surface area contributed by atoms with Gasteiger partial charge in [-0.25, -0.2) is 0 Å². The van der Waals surface area contributed by atoms with Crippen LogP contribution in [0.15, 0.2) is 192 Å². The van der Waals surface area contributed by atoms with Gasteiger partial charge in [0.25, 0.3) is 0 Å². The van der Waals surface area contributed by atoms with Crippen molar-refractivity contribution >= 4 is 40.4 Å². The van der Waals surface area contributed by atoms with Crippen molar-refractivity contribution in [2.24, 2.45) is 9.98 Å². The van der Waals surface area contributed by atoms with Crippen LogP contribution in [0.25, 0.3) is 0 Å². The van der Waals surface area contributed by atoms with Crippen LogP contribution in [0.1, 0.15) is 17.5 Å². The van der Waals surface area contributed by atoms with Gasteiger partial charge in [0, 0.05) is 40.3 Å². The molecule has 1 radical (unpaired) electrons. The molecule has 0 heterocycles. The Labute approximate surface area is 300 Å². The second-order valence-electron chi connectivity index (χ2n) is 11.6. The summed E-state index contributed by atoms with van der Waals surface area (Å²) in [6, 6.07) is 57.5. The van der Waals surface area contributed by atoms with E-state index in [0.717, 1.165) is 0 Å². The van der Waals surface area contributed by atoms with E-state index in [9.17, 15) is 10.2 Å². The molecule has 1 unspecified atom stereocenters. The van der Waals surface area contributed by atoms with E-state index in [1.807, 2.05) is 12.1 Å². The third-order valence-corrected chi connectivity index (χ3v) is 8.48. The summed E-state index contributed by atoms with van der Waals surface area (Å²) in [5.74, 6) is 0.403. The van der Waals surface area contributed by atoms with Crippen LogP contribution in [0.4, 0.5) is 0 Å². The van der Waals surface area contributed by atoms with Crippen molar-refractivity contribution in [2.45, 2.75) is 12.5 Å². The van der Waals surface area contributed by atoms with Crippen molar-refractivity contribution in [3.8, 4) is 11.5 Å². The molecule has 0 spiro atoms. The van der Waals surface area contributed by atoms with Crippen LogP contribution in [-0.2, 0) is 16.8 Å². The van der Waals surface area contributed by atoms with E-state index < -0.39 is 6.15 Å². The Morgan fingerprint density at radius 2 is 0.857 bits per heavy atom. The van der Waals surface area contributed by atoms with Gasteiger partial charge in [0.2, 0.25) is 0 Å². The zero-order valence-electron chi connectivity index (χ0n) is 27.3. The van der Waals surface area contributed by atoms with E-state index in [4.69, 9.17) is 0 Å². The molecule has 0 aliphatic heterocycles. The molecule has 49 heavy (non-hydrogen) atoms. The first-order valence-corrected chi connectivity index (χ1v) is 16.2. The molecule has 6 aromatic rings. The summed E-state index contributed by atoms with van der Waals surface area (Å²) in [7, 11) is 0. The third-order valence-electron chi connectivity index (χ3n) is 8.48. The van der Waals surface area contributed by atoms with E-state index in [0.29, 0.717) is 24.1 Å². The van der Waals surface area contributed by atoms with Crippen molar-refractivity contribution in [1.29, 1.82) is 0 Å². The molecule has 0 aromatic heterocycles. The Kier molecular flexibility index (Phi) is 14.0. The van der Waals surface area contributed by atoms with Crippen molar-refractivity contribution < 1.29 is 27.0 Å². The fourth-order valence-electron chi connectivity index (χ4n) is 6.15. The number of hydrogen-bond donors (Lipinski definition) is 2. The van der Waals surface area contributed by atoms with E-state index in [1.54, 1.807) is 54.9 Å². The predicted molar refractivity (Wildman–Crippen MR) is 205 cm³/mol. The Morgan fingerprint density at radius 3 is 1.22 bits per heavy atom. The van der Waals surface area contributed by atoms with Crippen LogP contribution in [0.5, 0.6) is 11.5 Å². The average molecular weight is 687 g/mol. The molecule has 6 heteroatoms. The number of para-hydroxylation sites is 2. The Bertz CT molecular complexity index is 1750. The number of phenols is 2. The largest absolute Gasteiger partial charge is 0.507 e. The van der Waals surface area contributed by atoms with Crippen LogP contribution >= 0.6 is 0 Å². The molecular weight excluding hydrogens is 646 g/mol. The average Bonchev–Trinajstić information content (AvgIpc) is 3.14. The van der Waals surface area contributed by atoms with Gasteiger partial charge in [-0.1, -0.05) is 152 Å². The molecule has 6 rings (SSSR count). The number of benzene rings is 6. The second kappa shape index (κ2) is 18.8. The van der Waals surface area contributed by atoms with Gasteiger partial charge < -0.3 is 10.2 Å². The fourth-order valence-corrected chi connectivity index (χ4v) is 6.15. The topological polar surface area (TPSA) is 65.2 Å². The summed E-state index contributed by atoms with van der Waals surface area (Å²) in [6.45, 7) is 4.21. The summed E-state index contributed by atoms with van der Waals surface area (Å²) in [6.07, 6.45) is 4.55.